The van der Waals surface area contributed by atoms with Crippen LogP contribution in [0, 0.1) is 10.1 Å². The Balaban J connectivity index is 2.59. The predicted octanol–water partition coefficient (Wildman–Crippen LogP) is 1.03. The second-order valence-corrected chi connectivity index (χ2v) is 3.03. The van der Waals surface area contributed by atoms with Crippen LogP contribution < -0.4 is 5.32 Å². The minimum absolute atomic E-state index is 0.0822. The summed E-state index contributed by atoms with van der Waals surface area (Å²) >= 11 is 0. The van der Waals surface area contributed by atoms with Gasteiger partial charge in [-0.3, -0.25) is 10.1 Å². The minimum atomic E-state index is -3.25. The van der Waals surface area contributed by atoms with E-state index in [-0.39, 0.29) is 11.5 Å². The summed E-state index contributed by atoms with van der Waals surface area (Å²) in [6, 6.07) is 2.36. The first-order chi connectivity index (χ1) is 7.44. The Kier molecular flexibility index (Phi) is 3.67. The number of pyridine rings is 1. The second kappa shape index (κ2) is 4.79. The molecule has 0 fully saturated rings. The van der Waals surface area contributed by atoms with Crippen LogP contribution in [0.3, 0.4) is 0 Å². The number of nitrogens with one attached hydrogen (secondary N) is 1. The number of alkyl halides is 2. The number of aliphatic hydroxyl groups excluding tert-OH is 1. The van der Waals surface area contributed by atoms with Crippen LogP contribution in [0.2, 0.25) is 0 Å². The number of nitro groups is 1. The van der Waals surface area contributed by atoms with E-state index < -0.39 is 24.0 Å². The molecule has 0 aliphatic rings. The number of rotatable bonds is 5. The number of hydrogen-bond acceptors (Lipinski definition) is 5. The zero-order chi connectivity index (χ0) is 12.2. The van der Waals surface area contributed by atoms with Gasteiger partial charge in [0.05, 0.1) is 11.5 Å². The molecule has 1 aromatic rings. The zero-order valence-corrected chi connectivity index (χ0v) is 8.06. The lowest BCUT2D eigenvalue weighted by Crippen LogP contribution is -2.31. The van der Waals surface area contributed by atoms with Crippen LogP contribution in [0.5, 0.6) is 0 Å². The van der Waals surface area contributed by atoms with Crippen LogP contribution in [0.1, 0.15) is 0 Å². The Morgan fingerprint density at radius 1 is 1.56 bits per heavy atom. The standard InChI is InChI=1S/C8H9F2N3O3/c9-8(10,5-14)4-12-7-2-1-6(3-11-7)13(15)16/h1-3,14H,4-5H2,(H,11,12). The van der Waals surface area contributed by atoms with Crippen molar-refractivity contribution >= 4 is 11.5 Å². The molecule has 16 heavy (non-hydrogen) atoms. The van der Waals surface area contributed by atoms with Crippen molar-refractivity contribution in [1.29, 1.82) is 0 Å². The number of hydrogen-bond donors (Lipinski definition) is 2. The number of anilines is 1. The highest BCUT2D eigenvalue weighted by atomic mass is 19.3. The zero-order valence-electron chi connectivity index (χ0n) is 8.06. The van der Waals surface area contributed by atoms with E-state index in [0.29, 0.717) is 0 Å². The fourth-order valence-corrected chi connectivity index (χ4v) is 0.874. The van der Waals surface area contributed by atoms with E-state index in [9.17, 15) is 18.9 Å². The van der Waals surface area contributed by atoms with Crippen LogP contribution in [-0.4, -0.2) is 34.1 Å². The molecule has 88 valence electrons. The van der Waals surface area contributed by atoms with E-state index in [1.165, 1.54) is 6.07 Å². The lowest BCUT2D eigenvalue weighted by Gasteiger charge is -2.13. The molecular formula is C8H9F2N3O3. The summed E-state index contributed by atoms with van der Waals surface area (Å²) in [6.45, 7) is -2.05. The molecule has 0 aliphatic heterocycles. The molecule has 0 aliphatic carbocycles. The molecule has 2 N–H and O–H groups in total. The van der Waals surface area contributed by atoms with Crippen molar-refractivity contribution in [1.82, 2.24) is 4.98 Å². The lowest BCUT2D eigenvalue weighted by molar-refractivity contribution is -0.385. The molecule has 1 rings (SSSR count). The SMILES string of the molecule is O=[N+]([O-])c1ccc(NCC(F)(F)CO)nc1. The second-order valence-electron chi connectivity index (χ2n) is 3.03. The Hall–Kier alpha value is -1.83. The van der Waals surface area contributed by atoms with Gasteiger partial charge in [-0.1, -0.05) is 0 Å². The lowest BCUT2D eigenvalue weighted by atomic mass is 10.3. The van der Waals surface area contributed by atoms with Gasteiger partial charge < -0.3 is 10.4 Å². The van der Waals surface area contributed by atoms with Crippen LogP contribution in [0.15, 0.2) is 18.3 Å². The minimum Gasteiger partial charge on any atom is -0.390 e. The summed E-state index contributed by atoms with van der Waals surface area (Å²) < 4.78 is 25.2. The summed E-state index contributed by atoms with van der Waals surface area (Å²) in [5.74, 6) is -3.16. The number of halogens is 2. The van der Waals surface area contributed by atoms with Gasteiger partial charge in [0.15, 0.2) is 0 Å². The van der Waals surface area contributed by atoms with Gasteiger partial charge in [-0.25, -0.2) is 13.8 Å². The molecule has 0 saturated heterocycles. The fourth-order valence-electron chi connectivity index (χ4n) is 0.874. The topological polar surface area (TPSA) is 88.3 Å². The molecule has 0 radical (unpaired) electrons. The van der Waals surface area contributed by atoms with E-state index >= 15 is 0 Å². The van der Waals surface area contributed by atoms with Crippen molar-refractivity contribution in [2.24, 2.45) is 0 Å². The molecule has 1 heterocycles. The van der Waals surface area contributed by atoms with Crippen molar-refractivity contribution in [2.75, 3.05) is 18.5 Å². The highest BCUT2D eigenvalue weighted by molar-refractivity contribution is 5.40. The summed E-state index contributed by atoms with van der Waals surface area (Å²) in [5, 5.41) is 20.8. The summed E-state index contributed by atoms with van der Waals surface area (Å²) in [6.07, 6.45) is 0.958. The first-order valence-corrected chi connectivity index (χ1v) is 4.27. The highest BCUT2D eigenvalue weighted by Crippen LogP contribution is 2.15. The predicted molar refractivity (Wildman–Crippen MR) is 51.4 cm³/mol. The van der Waals surface area contributed by atoms with Gasteiger partial charge in [-0.2, -0.15) is 0 Å². The molecule has 0 aromatic carbocycles. The Morgan fingerprint density at radius 3 is 2.69 bits per heavy atom. The van der Waals surface area contributed by atoms with Crippen molar-refractivity contribution in [3.05, 3.63) is 28.4 Å². The van der Waals surface area contributed by atoms with Gasteiger partial charge in [0.25, 0.3) is 11.6 Å². The Bertz CT molecular complexity index is 369. The molecular weight excluding hydrogens is 224 g/mol. The third-order valence-corrected chi connectivity index (χ3v) is 1.72. The third kappa shape index (κ3) is 3.39. The van der Waals surface area contributed by atoms with Gasteiger partial charge in [-0.05, 0) is 6.07 Å². The summed E-state index contributed by atoms with van der Waals surface area (Å²) in [4.78, 5) is 13.2. The number of nitrogens with zero attached hydrogens (tertiary/aromatic N) is 2. The van der Waals surface area contributed by atoms with E-state index in [1.807, 2.05) is 0 Å². The van der Waals surface area contributed by atoms with Crippen molar-refractivity contribution in [2.45, 2.75) is 5.92 Å². The van der Waals surface area contributed by atoms with Crippen molar-refractivity contribution < 1.29 is 18.8 Å². The molecule has 0 saturated carbocycles. The van der Waals surface area contributed by atoms with Gasteiger partial charge in [-0.15, -0.1) is 0 Å². The third-order valence-electron chi connectivity index (χ3n) is 1.72. The monoisotopic (exact) mass is 233 g/mol. The summed E-state index contributed by atoms with van der Waals surface area (Å²) in [7, 11) is 0. The molecule has 0 bridgehead atoms. The molecule has 0 amide bonds. The molecule has 8 heteroatoms. The normalized spacial score (nSPS) is 11.2. The maximum atomic E-state index is 12.6. The number of aliphatic hydroxyl groups is 1. The van der Waals surface area contributed by atoms with Gasteiger partial charge >= 0.3 is 0 Å². The van der Waals surface area contributed by atoms with Crippen LogP contribution in [0.25, 0.3) is 0 Å². The van der Waals surface area contributed by atoms with Gasteiger partial charge in [0, 0.05) is 6.07 Å². The average Bonchev–Trinajstić information content (AvgIpc) is 2.27. The van der Waals surface area contributed by atoms with E-state index in [4.69, 9.17) is 5.11 Å². The smallest absolute Gasteiger partial charge is 0.287 e. The van der Waals surface area contributed by atoms with E-state index in [2.05, 4.69) is 10.3 Å². The average molecular weight is 233 g/mol. The molecule has 6 nitrogen and oxygen atoms in total. The Morgan fingerprint density at radius 2 is 2.25 bits per heavy atom. The number of aromatic nitrogens is 1. The Labute approximate surface area is 89.1 Å². The highest BCUT2D eigenvalue weighted by Gasteiger charge is 2.27. The first kappa shape index (κ1) is 12.2. The van der Waals surface area contributed by atoms with Crippen LogP contribution in [0.4, 0.5) is 20.3 Å². The van der Waals surface area contributed by atoms with Gasteiger partial charge in [0.2, 0.25) is 0 Å². The fraction of sp³-hybridized carbons (Fsp3) is 0.375. The van der Waals surface area contributed by atoms with Crippen molar-refractivity contribution in [3.63, 3.8) is 0 Å². The first-order valence-electron chi connectivity index (χ1n) is 4.27. The maximum absolute atomic E-state index is 12.6. The van der Waals surface area contributed by atoms with Crippen molar-refractivity contribution in [3.8, 4) is 0 Å². The quantitative estimate of drug-likeness (QED) is 0.585. The maximum Gasteiger partial charge on any atom is 0.287 e. The van der Waals surface area contributed by atoms with E-state index in [0.717, 1.165) is 12.3 Å². The molecule has 0 unspecified atom stereocenters. The molecule has 0 atom stereocenters. The molecule has 0 spiro atoms. The summed E-state index contributed by atoms with van der Waals surface area (Å²) in [5.41, 5.74) is -0.223. The molecule has 1 aromatic heterocycles. The van der Waals surface area contributed by atoms with Gasteiger partial charge in [0.1, 0.15) is 18.6 Å². The van der Waals surface area contributed by atoms with Crippen LogP contribution in [-0.2, 0) is 0 Å². The largest absolute Gasteiger partial charge is 0.390 e. The van der Waals surface area contributed by atoms with Crippen LogP contribution >= 0.6 is 0 Å². The van der Waals surface area contributed by atoms with E-state index in [1.54, 1.807) is 0 Å².